The molecule has 0 unspecified atom stereocenters. The Morgan fingerprint density at radius 1 is 1.05 bits per heavy atom. The number of carbonyl (C=O) groups is 2. The van der Waals surface area contributed by atoms with Crippen LogP contribution in [0.2, 0.25) is 0 Å². The SMILES string of the molecule is CCN(CC)C(O)(O)C(O)(O)NC(=O)c1c(C)[nH]c(/C=C(\C)c2cc(-c3csc(-c4ccccc4)n3)ccc2NC=O)c1C. The third kappa shape index (κ3) is 6.50. The fourth-order valence-corrected chi connectivity index (χ4v) is 5.92. The topological polar surface area (TPSA) is 171 Å². The van der Waals surface area contributed by atoms with Crippen molar-refractivity contribution in [2.75, 3.05) is 18.4 Å². The average molecular weight is 620 g/mol. The number of carbonyl (C=O) groups excluding carboxylic acids is 2. The molecule has 7 N–H and O–H groups in total. The lowest BCUT2D eigenvalue weighted by Gasteiger charge is -2.41. The Hall–Kier alpha value is -4.17. The standard InChI is InChI=1S/C32H37N5O6S/c1-6-37(7-2)32(42,43)31(40,41)36-29(39)28-20(4)26(34-21(28)5)15-19(3)24-16-23(13-14-25(24)33-18-38)27-17-44-30(35-27)22-11-9-8-10-12-22/h8-18,34,40-43H,6-7H2,1-5H3,(H,33,38)(H,36,39)/b19-15+. The first kappa shape index (κ1) is 32.7. The molecular weight excluding hydrogens is 582 g/mol. The van der Waals surface area contributed by atoms with Crippen molar-refractivity contribution in [3.05, 3.63) is 82.0 Å². The van der Waals surface area contributed by atoms with Crippen molar-refractivity contribution in [2.45, 2.75) is 46.4 Å². The van der Waals surface area contributed by atoms with Crippen LogP contribution in [0.25, 0.3) is 33.5 Å². The minimum Gasteiger partial charge on any atom is -0.358 e. The van der Waals surface area contributed by atoms with Gasteiger partial charge in [-0.1, -0.05) is 50.2 Å². The van der Waals surface area contributed by atoms with Crippen LogP contribution in [0, 0.1) is 13.8 Å². The maximum absolute atomic E-state index is 13.2. The number of aryl methyl sites for hydroxylation is 1. The first-order valence-corrected chi connectivity index (χ1v) is 14.9. The highest BCUT2D eigenvalue weighted by molar-refractivity contribution is 7.13. The number of aromatic amines is 1. The summed E-state index contributed by atoms with van der Waals surface area (Å²) >= 11 is 1.54. The fraction of sp³-hybridized carbons (Fsp3) is 0.281. The van der Waals surface area contributed by atoms with Gasteiger partial charge < -0.3 is 30.7 Å². The number of allylic oxidation sites excluding steroid dienone is 1. The van der Waals surface area contributed by atoms with E-state index in [9.17, 15) is 30.0 Å². The molecule has 2 aromatic heterocycles. The van der Waals surface area contributed by atoms with Gasteiger partial charge in [0.05, 0.1) is 11.3 Å². The Bertz CT molecular complexity index is 1670. The van der Waals surface area contributed by atoms with Crippen molar-refractivity contribution in [1.82, 2.24) is 20.2 Å². The van der Waals surface area contributed by atoms with E-state index in [1.165, 1.54) is 11.3 Å². The number of anilines is 1. The molecule has 0 aliphatic rings. The monoisotopic (exact) mass is 619 g/mol. The summed E-state index contributed by atoms with van der Waals surface area (Å²) in [5, 5.41) is 49.4. The van der Waals surface area contributed by atoms with Crippen molar-refractivity contribution in [3.8, 4) is 21.8 Å². The minimum atomic E-state index is -3.37. The van der Waals surface area contributed by atoms with Gasteiger partial charge >= 0.3 is 11.8 Å². The molecule has 12 heteroatoms. The molecule has 2 amide bonds. The Morgan fingerprint density at radius 2 is 1.73 bits per heavy atom. The van der Waals surface area contributed by atoms with Crippen molar-refractivity contribution >= 4 is 41.0 Å². The summed E-state index contributed by atoms with van der Waals surface area (Å²) in [5.74, 6) is -7.43. The summed E-state index contributed by atoms with van der Waals surface area (Å²) in [6.07, 6.45) is 2.42. The number of thiazole rings is 1. The highest BCUT2D eigenvalue weighted by Gasteiger charge is 2.53. The number of benzene rings is 2. The van der Waals surface area contributed by atoms with Gasteiger partial charge in [0.15, 0.2) is 0 Å². The number of H-pyrrole nitrogens is 1. The second-order valence-corrected chi connectivity index (χ2v) is 11.2. The quantitative estimate of drug-likeness (QED) is 0.0925. The summed E-state index contributed by atoms with van der Waals surface area (Å²) in [4.78, 5) is 33.5. The van der Waals surface area contributed by atoms with E-state index in [0.29, 0.717) is 29.0 Å². The van der Waals surface area contributed by atoms with Gasteiger partial charge in [0.25, 0.3) is 5.91 Å². The molecule has 4 aromatic rings. The number of hydrogen-bond donors (Lipinski definition) is 7. The molecule has 0 spiro atoms. The second-order valence-electron chi connectivity index (χ2n) is 10.4. The van der Waals surface area contributed by atoms with Gasteiger partial charge in [0, 0.05) is 52.2 Å². The van der Waals surface area contributed by atoms with Gasteiger partial charge in [-0.15, -0.1) is 11.3 Å². The van der Waals surface area contributed by atoms with Crippen LogP contribution in [0.5, 0.6) is 0 Å². The lowest BCUT2D eigenvalue weighted by Crippen LogP contribution is -2.71. The molecule has 0 aliphatic carbocycles. The average Bonchev–Trinajstić information content (AvgIpc) is 3.58. The van der Waals surface area contributed by atoms with Crippen molar-refractivity contribution < 1.29 is 30.0 Å². The Morgan fingerprint density at radius 3 is 2.36 bits per heavy atom. The molecule has 232 valence electrons. The van der Waals surface area contributed by atoms with Gasteiger partial charge in [0.1, 0.15) is 5.01 Å². The predicted molar refractivity (Wildman–Crippen MR) is 171 cm³/mol. The van der Waals surface area contributed by atoms with E-state index < -0.39 is 17.7 Å². The smallest absolute Gasteiger partial charge is 0.319 e. The number of rotatable bonds is 12. The summed E-state index contributed by atoms with van der Waals surface area (Å²) in [6.45, 7) is 8.57. The number of nitrogens with one attached hydrogen (secondary N) is 3. The van der Waals surface area contributed by atoms with Crippen LogP contribution in [-0.4, -0.2) is 72.5 Å². The highest BCUT2D eigenvalue weighted by Crippen LogP contribution is 2.34. The van der Waals surface area contributed by atoms with Crippen LogP contribution >= 0.6 is 11.3 Å². The van der Waals surface area contributed by atoms with Crippen LogP contribution in [0.3, 0.4) is 0 Å². The molecule has 0 saturated carbocycles. The van der Waals surface area contributed by atoms with E-state index in [2.05, 4.69) is 10.3 Å². The van der Waals surface area contributed by atoms with Crippen LogP contribution in [0.4, 0.5) is 5.69 Å². The van der Waals surface area contributed by atoms with Crippen molar-refractivity contribution in [2.24, 2.45) is 0 Å². The third-order valence-corrected chi connectivity index (χ3v) is 8.39. The normalized spacial score (nSPS) is 12.5. The number of aliphatic hydroxyl groups is 4. The van der Waals surface area contributed by atoms with E-state index in [4.69, 9.17) is 4.98 Å². The Labute approximate surface area is 259 Å². The zero-order chi connectivity index (χ0) is 32.2. The molecule has 0 radical (unpaired) electrons. The van der Waals surface area contributed by atoms with Crippen LogP contribution in [0.1, 0.15) is 53.6 Å². The zero-order valence-electron chi connectivity index (χ0n) is 25.2. The molecule has 2 aromatic carbocycles. The van der Waals surface area contributed by atoms with Crippen molar-refractivity contribution in [1.29, 1.82) is 0 Å². The number of likely N-dealkylation sites (N-methyl/N-ethyl adjacent to an activating group) is 1. The Kier molecular flexibility index (Phi) is 9.84. The molecule has 4 rings (SSSR count). The van der Waals surface area contributed by atoms with Gasteiger partial charge in [-0.2, -0.15) is 0 Å². The number of amides is 2. The van der Waals surface area contributed by atoms with Gasteiger partial charge in [-0.25, -0.2) is 9.88 Å². The van der Waals surface area contributed by atoms with Crippen LogP contribution in [-0.2, 0) is 4.79 Å². The molecule has 0 atom stereocenters. The Balaban J connectivity index is 1.67. The fourth-order valence-electron chi connectivity index (χ4n) is 5.08. The van der Waals surface area contributed by atoms with Gasteiger partial charge in [-0.05, 0) is 50.1 Å². The maximum atomic E-state index is 13.2. The van der Waals surface area contributed by atoms with Crippen molar-refractivity contribution in [3.63, 3.8) is 0 Å². The lowest BCUT2D eigenvalue weighted by atomic mass is 9.99. The maximum Gasteiger partial charge on any atom is 0.319 e. The lowest BCUT2D eigenvalue weighted by molar-refractivity contribution is -0.418. The van der Waals surface area contributed by atoms with Crippen LogP contribution in [0.15, 0.2) is 53.9 Å². The molecular formula is C32H37N5O6S. The van der Waals surface area contributed by atoms with E-state index in [0.717, 1.165) is 37.9 Å². The van der Waals surface area contributed by atoms with Gasteiger partial charge in [0.2, 0.25) is 6.41 Å². The molecule has 0 saturated heterocycles. The van der Waals surface area contributed by atoms with Crippen LogP contribution < -0.4 is 10.6 Å². The molecule has 44 heavy (non-hydrogen) atoms. The summed E-state index contributed by atoms with van der Waals surface area (Å²) in [6, 6.07) is 15.5. The summed E-state index contributed by atoms with van der Waals surface area (Å²) in [5.41, 5.74) is 6.34. The van der Waals surface area contributed by atoms with E-state index in [1.54, 1.807) is 33.8 Å². The first-order valence-electron chi connectivity index (χ1n) is 14.0. The van der Waals surface area contributed by atoms with E-state index in [1.807, 2.05) is 66.2 Å². The first-order chi connectivity index (χ1) is 20.8. The largest absolute Gasteiger partial charge is 0.358 e. The third-order valence-electron chi connectivity index (χ3n) is 7.50. The molecule has 2 heterocycles. The summed E-state index contributed by atoms with van der Waals surface area (Å²) in [7, 11) is 0. The molecule has 0 aliphatic heterocycles. The number of aromatic nitrogens is 2. The molecule has 0 bridgehead atoms. The number of nitrogens with zero attached hydrogens (tertiary/aromatic N) is 2. The zero-order valence-corrected chi connectivity index (χ0v) is 26.0. The van der Waals surface area contributed by atoms with Gasteiger partial charge in [-0.3, -0.25) is 14.9 Å². The summed E-state index contributed by atoms with van der Waals surface area (Å²) < 4.78 is 0. The highest BCUT2D eigenvalue weighted by atomic mass is 32.1. The van der Waals surface area contributed by atoms with E-state index >= 15 is 0 Å². The molecule has 11 nitrogen and oxygen atoms in total. The second kappa shape index (κ2) is 13.2. The number of hydrogen-bond acceptors (Lipinski definition) is 9. The predicted octanol–water partition coefficient (Wildman–Crippen LogP) is 3.90. The molecule has 0 fully saturated rings. The minimum absolute atomic E-state index is 0.0808. The van der Waals surface area contributed by atoms with E-state index in [-0.39, 0.29) is 18.7 Å².